The Balaban J connectivity index is 2.27. The maximum Gasteiger partial charge on any atom is 0.411 e. The molecule has 2 rings (SSSR count). The predicted octanol–water partition coefficient (Wildman–Crippen LogP) is 0.890. The normalized spacial score (nSPS) is 25.2. The van der Waals surface area contributed by atoms with E-state index in [4.69, 9.17) is 4.74 Å². The fourth-order valence-corrected chi connectivity index (χ4v) is 2.13. The highest BCUT2D eigenvalue weighted by Crippen LogP contribution is 2.34. The molecule has 17 heavy (non-hydrogen) atoms. The molecule has 7 nitrogen and oxygen atoms in total. The minimum Gasteiger partial charge on any atom is -0.435 e. The molecule has 0 aromatic carbocycles. The standard InChI is InChI=1S/C10H17N5O2/c1-6-7(8-11-13-14(5)12-8)17-9(16)15(6)10(2,3)4/h6-7H,1-5H3/t6-,7-/m0/s1. The summed E-state index contributed by atoms with van der Waals surface area (Å²) in [6.45, 7) is 7.84. The molecule has 0 radical (unpaired) electrons. The maximum atomic E-state index is 11.8. The van der Waals surface area contributed by atoms with Crippen LogP contribution in [0.4, 0.5) is 4.79 Å². The molecule has 0 unspecified atom stereocenters. The van der Waals surface area contributed by atoms with Crippen molar-refractivity contribution < 1.29 is 9.53 Å². The molecular weight excluding hydrogens is 222 g/mol. The number of aryl methyl sites for hydroxylation is 1. The van der Waals surface area contributed by atoms with Crippen molar-refractivity contribution in [2.45, 2.75) is 45.4 Å². The molecule has 2 heterocycles. The van der Waals surface area contributed by atoms with Crippen LogP contribution in [0.5, 0.6) is 0 Å². The molecule has 1 aromatic heterocycles. The SMILES string of the molecule is C[C@H]1[C@@H](c2nnn(C)n2)OC(=O)N1C(C)(C)C. The predicted molar refractivity (Wildman–Crippen MR) is 59.1 cm³/mol. The van der Waals surface area contributed by atoms with Gasteiger partial charge in [-0.05, 0) is 32.9 Å². The summed E-state index contributed by atoms with van der Waals surface area (Å²) in [7, 11) is 1.68. The number of carbonyl (C=O) groups excluding carboxylic acids is 1. The van der Waals surface area contributed by atoms with Crippen LogP contribution in [0.3, 0.4) is 0 Å². The van der Waals surface area contributed by atoms with Gasteiger partial charge in [-0.15, -0.1) is 10.2 Å². The van der Waals surface area contributed by atoms with Gasteiger partial charge in [-0.3, -0.25) is 4.90 Å². The van der Waals surface area contributed by atoms with E-state index in [0.717, 1.165) is 0 Å². The molecular formula is C10H17N5O2. The van der Waals surface area contributed by atoms with E-state index in [1.54, 1.807) is 11.9 Å². The molecule has 0 spiro atoms. The van der Waals surface area contributed by atoms with Crippen molar-refractivity contribution >= 4 is 6.09 Å². The Morgan fingerprint density at radius 2 is 2.00 bits per heavy atom. The van der Waals surface area contributed by atoms with Crippen LogP contribution in [0.1, 0.15) is 39.6 Å². The van der Waals surface area contributed by atoms with Gasteiger partial charge in [-0.2, -0.15) is 4.80 Å². The molecule has 7 heteroatoms. The second kappa shape index (κ2) is 3.68. The Kier molecular flexibility index (Phi) is 2.56. The average molecular weight is 239 g/mol. The van der Waals surface area contributed by atoms with Crippen LogP contribution < -0.4 is 0 Å². The van der Waals surface area contributed by atoms with E-state index in [0.29, 0.717) is 5.82 Å². The minimum absolute atomic E-state index is 0.105. The number of ether oxygens (including phenoxy) is 1. The largest absolute Gasteiger partial charge is 0.435 e. The first-order valence-corrected chi connectivity index (χ1v) is 5.54. The van der Waals surface area contributed by atoms with Gasteiger partial charge in [-0.1, -0.05) is 0 Å². The third-order valence-corrected chi connectivity index (χ3v) is 2.77. The number of aromatic nitrogens is 4. The fourth-order valence-electron chi connectivity index (χ4n) is 2.13. The van der Waals surface area contributed by atoms with Crippen LogP contribution in [-0.2, 0) is 11.8 Å². The van der Waals surface area contributed by atoms with E-state index >= 15 is 0 Å². The molecule has 1 aromatic rings. The van der Waals surface area contributed by atoms with Gasteiger partial charge in [0.25, 0.3) is 0 Å². The zero-order chi connectivity index (χ0) is 12.8. The second-order valence-electron chi connectivity index (χ2n) is 5.22. The lowest BCUT2D eigenvalue weighted by Crippen LogP contribution is -2.46. The quantitative estimate of drug-likeness (QED) is 0.727. The van der Waals surface area contributed by atoms with Crippen molar-refractivity contribution in [1.82, 2.24) is 25.1 Å². The van der Waals surface area contributed by atoms with Gasteiger partial charge >= 0.3 is 6.09 Å². The molecule has 0 N–H and O–H groups in total. The van der Waals surface area contributed by atoms with E-state index in [9.17, 15) is 4.79 Å². The highest BCUT2D eigenvalue weighted by Gasteiger charge is 2.46. The van der Waals surface area contributed by atoms with Gasteiger partial charge in [0.2, 0.25) is 5.82 Å². The van der Waals surface area contributed by atoms with E-state index in [1.807, 2.05) is 27.7 Å². The molecule has 94 valence electrons. The first kappa shape index (κ1) is 11.8. The van der Waals surface area contributed by atoms with E-state index in [1.165, 1.54) is 4.80 Å². The third-order valence-electron chi connectivity index (χ3n) is 2.77. The highest BCUT2D eigenvalue weighted by molar-refractivity contribution is 5.71. The molecule has 0 aliphatic carbocycles. The number of carbonyl (C=O) groups is 1. The van der Waals surface area contributed by atoms with Crippen LogP contribution >= 0.6 is 0 Å². The zero-order valence-corrected chi connectivity index (χ0v) is 10.7. The van der Waals surface area contributed by atoms with E-state index in [2.05, 4.69) is 15.4 Å². The summed E-state index contributed by atoms with van der Waals surface area (Å²) in [6, 6.07) is -0.105. The number of rotatable bonds is 1. The summed E-state index contributed by atoms with van der Waals surface area (Å²) >= 11 is 0. The second-order valence-corrected chi connectivity index (χ2v) is 5.22. The van der Waals surface area contributed by atoms with Crippen molar-refractivity contribution in [3.8, 4) is 0 Å². The summed E-state index contributed by atoms with van der Waals surface area (Å²) in [5, 5.41) is 11.7. The molecule has 2 atom stereocenters. The van der Waals surface area contributed by atoms with E-state index in [-0.39, 0.29) is 17.7 Å². The zero-order valence-electron chi connectivity index (χ0n) is 10.7. The molecule has 1 aliphatic heterocycles. The van der Waals surface area contributed by atoms with Crippen LogP contribution in [0.25, 0.3) is 0 Å². The van der Waals surface area contributed by atoms with Crippen molar-refractivity contribution in [3.63, 3.8) is 0 Å². The lowest BCUT2D eigenvalue weighted by molar-refractivity contribution is 0.118. The smallest absolute Gasteiger partial charge is 0.411 e. The molecule has 1 aliphatic rings. The lowest BCUT2D eigenvalue weighted by Gasteiger charge is -2.33. The molecule has 1 amide bonds. The number of amides is 1. The Bertz CT molecular complexity index is 436. The Hall–Kier alpha value is -1.66. The van der Waals surface area contributed by atoms with Crippen LogP contribution in [0, 0.1) is 0 Å². The lowest BCUT2D eigenvalue weighted by atomic mass is 10.0. The van der Waals surface area contributed by atoms with Gasteiger partial charge in [0.1, 0.15) is 0 Å². The number of hydrogen-bond acceptors (Lipinski definition) is 5. The first-order chi connectivity index (χ1) is 7.80. The van der Waals surface area contributed by atoms with Crippen molar-refractivity contribution in [3.05, 3.63) is 5.82 Å². The Morgan fingerprint density at radius 1 is 1.35 bits per heavy atom. The van der Waals surface area contributed by atoms with Crippen LogP contribution in [-0.4, -0.2) is 42.8 Å². The number of cyclic esters (lactones) is 1. The minimum atomic E-state index is -0.449. The molecule has 1 saturated heterocycles. The van der Waals surface area contributed by atoms with Crippen molar-refractivity contribution in [1.29, 1.82) is 0 Å². The number of nitrogens with zero attached hydrogens (tertiary/aromatic N) is 5. The highest BCUT2D eigenvalue weighted by atomic mass is 16.6. The van der Waals surface area contributed by atoms with Crippen molar-refractivity contribution in [2.75, 3.05) is 0 Å². The molecule has 0 bridgehead atoms. The number of hydrogen-bond donors (Lipinski definition) is 0. The van der Waals surface area contributed by atoms with Gasteiger partial charge in [0.05, 0.1) is 13.1 Å². The summed E-state index contributed by atoms with van der Waals surface area (Å²) in [6.07, 6.45) is -0.780. The third kappa shape index (κ3) is 1.96. The van der Waals surface area contributed by atoms with Gasteiger partial charge in [-0.25, -0.2) is 4.79 Å². The summed E-state index contributed by atoms with van der Waals surface area (Å²) in [5.74, 6) is 0.445. The van der Waals surface area contributed by atoms with Crippen molar-refractivity contribution in [2.24, 2.45) is 7.05 Å². The van der Waals surface area contributed by atoms with Gasteiger partial charge in [0, 0.05) is 5.54 Å². The van der Waals surface area contributed by atoms with E-state index < -0.39 is 6.10 Å². The Labute approximate surface area is 99.7 Å². The fraction of sp³-hybridized carbons (Fsp3) is 0.800. The maximum absolute atomic E-state index is 11.8. The topological polar surface area (TPSA) is 73.1 Å². The summed E-state index contributed by atoms with van der Waals surface area (Å²) < 4.78 is 5.32. The monoisotopic (exact) mass is 239 g/mol. The summed E-state index contributed by atoms with van der Waals surface area (Å²) in [4.78, 5) is 14.9. The summed E-state index contributed by atoms with van der Waals surface area (Å²) in [5.41, 5.74) is -0.284. The average Bonchev–Trinajstić information content (AvgIpc) is 2.69. The van der Waals surface area contributed by atoms with Crippen LogP contribution in [0.15, 0.2) is 0 Å². The molecule has 0 saturated carbocycles. The van der Waals surface area contributed by atoms with Gasteiger partial charge in [0.15, 0.2) is 6.10 Å². The van der Waals surface area contributed by atoms with Gasteiger partial charge < -0.3 is 4.74 Å². The first-order valence-electron chi connectivity index (χ1n) is 5.54. The van der Waals surface area contributed by atoms with Crippen LogP contribution in [0.2, 0.25) is 0 Å². The number of tetrazole rings is 1. The Morgan fingerprint density at radius 3 is 2.41 bits per heavy atom. The molecule has 1 fully saturated rings.